The summed E-state index contributed by atoms with van der Waals surface area (Å²) < 4.78 is 53.0. The van der Waals surface area contributed by atoms with Crippen LogP contribution in [-0.4, -0.2) is 120 Å². The van der Waals surface area contributed by atoms with Gasteiger partial charge in [-0.2, -0.15) is 13.2 Å². The zero-order valence-corrected chi connectivity index (χ0v) is 38.6. The highest BCUT2D eigenvalue weighted by atomic mass is 19.4. The molecule has 4 heterocycles. The van der Waals surface area contributed by atoms with E-state index in [1.807, 2.05) is 18.0 Å². The van der Waals surface area contributed by atoms with Gasteiger partial charge in [0.15, 0.2) is 11.5 Å². The second kappa shape index (κ2) is 18.2. The molecule has 68 heavy (non-hydrogen) atoms. The van der Waals surface area contributed by atoms with Gasteiger partial charge >= 0.3 is 6.18 Å². The average Bonchev–Trinajstić information content (AvgIpc) is 4.03. The number of nitrogens with one attached hydrogen (secondary N) is 2. The molecule has 19 heteroatoms. The third-order valence-electron chi connectivity index (χ3n) is 14.4. The van der Waals surface area contributed by atoms with Gasteiger partial charge in [0, 0.05) is 80.7 Å². The Hall–Kier alpha value is -6.50. The Morgan fingerprint density at radius 3 is 2.38 bits per heavy atom. The number of aryl methyl sites for hydroxylation is 1. The molecular weight excluding hydrogens is 884 g/mol. The lowest BCUT2D eigenvalue weighted by Gasteiger charge is -2.43. The van der Waals surface area contributed by atoms with Crippen molar-refractivity contribution in [2.75, 3.05) is 69.4 Å². The Morgan fingerprint density at radius 2 is 1.71 bits per heavy atom. The van der Waals surface area contributed by atoms with Gasteiger partial charge in [-0.1, -0.05) is 6.07 Å². The molecule has 0 bridgehead atoms. The SMILES string of the molecule is COc1cc2nc(C)nc(NC(C)c3cc(N)cc(C(F)(F)F)c3)c2cc1OCC1(CN(C)C(=O)[C@H]2CC[C@@H](N3CCN(c4cccc5c4C(=O)N(C4CCC(=O)NC4=O)C5=O)CC3)CC2)CC1. The molecule has 4 fully saturated rings. The van der Waals surface area contributed by atoms with Gasteiger partial charge < -0.3 is 30.3 Å². The molecule has 3 aromatic carbocycles. The number of carbonyl (C=O) groups is 5. The first-order valence-corrected chi connectivity index (χ1v) is 23.2. The van der Waals surface area contributed by atoms with Crippen molar-refractivity contribution >= 4 is 57.6 Å². The topological polar surface area (TPSA) is 193 Å². The quantitative estimate of drug-likeness (QED) is 0.103. The highest BCUT2D eigenvalue weighted by Gasteiger charge is 2.48. The van der Waals surface area contributed by atoms with Crippen LogP contribution >= 0.6 is 0 Å². The zero-order valence-electron chi connectivity index (χ0n) is 38.6. The number of nitrogens with zero attached hydrogens (tertiary/aromatic N) is 6. The lowest BCUT2D eigenvalue weighted by atomic mass is 9.84. The van der Waals surface area contributed by atoms with Crippen molar-refractivity contribution in [1.82, 2.24) is 30.0 Å². The number of halogens is 3. The number of rotatable bonds is 13. The summed E-state index contributed by atoms with van der Waals surface area (Å²) in [4.78, 5) is 82.0. The molecule has 16 nitrogen and oxygen atoms in total. The van der Waals surface area contributed by atoms with E-state index in [4.69, 9.17) is 15.2 Å². The summed E-state index contributed by atoms with van der Waals surface area (Å²) in [6.07, 6.45) is 0.730. The average molecular weight is 940 g/mol. The second-order valence-electron chi connectivity index (χ2n) is 19.1. The molecule has 0 radical (unpaired) electrons. The van der Waals surface area contributed by atoms with E-state index in [1.54, 1.807) is 45.2 Å². The Labute approximate surface area is 391 Å². The van der Waals surface area contributed by atoms with Crippen LogP contribution in [0.1, 0.15) is 102 Å². The second-order valence-corrected chi connectivity index (χ2v) is 19.1. The molecule has 2 saturated carbocycles. The number of amides is 5. The molecule has 2 atom stereocenters. The number of fused-ring (bicyclic) bond motifs is 2. The highest BCUT2D eigenvalue weighted by Crippen LogP contribution is 2.48. The molecular formula is C49H56F3N9O7. The fraction of sp³-hybridized carbons (Fsp3) is 0.490. The number of nitrogens with two attached hydrogens (primary N) is 1. The molecule has 5 aliphatic rings. The first-order valence-electron chi connectivity index (χ1n) is 23.2. The lowest BCUT2D eigenvalue weighted by molar-refractivity contribution is -0.138. The number of nitrogen functional groups attached to an aromatic ring is 1. The molecule has 2 saturated heterocycles. The molecule has 2 unspecified atom stereocenters. The lowest BCUT2D eigenvalue weighted by Crippen LogP contribution is -2.54. The highest BCUT2D eigenvalue weighted by molar-refractivity contribution is 6.25. The minimum atomic E-state index is -4.55. The van der Waals surface area contributed by atoms with Gasteiger partial charge in [-0.25, -0.2) is 9.97 Å². The number of hydrogen-bond acceptors (Lipinski definition) is 13. The Bertz CT molecular complexity index is 2680. The Kier molecular flexibility index (Phi) is 12.5. The van der Waals surface area contributed by atoms with Crippen LogP contribution in [0.3, 0.4) is 0 Å². The summed E-state index contributed by atoms with van der Waals surface area (Å²) >= 11 is 0. The van der Waals surface area contributed by atoms with Crippen molar-refractivity contribution in [3.05, 3.63) is 76.6 Å². The van der Waals surface area contributed by atoms with Crippen LogP contribution in [0, 0.1) is 18.3 Å². The monoisotopic (exact) mass is 939 g/mol. The molecule has 1 aromatic heterocycles. The van der Waals surface area contributed by atoms with Crippen molar-refractivity contribution in [2.45, 2.75) is 89.5 Å². The number of aromatic nitrogens is 2. The number of benzene rings is 3. The molecule has 5 amide bonds. The number of methoxy groups -OCH3 is 1. The van der Waals surface area contributed by atoms with E-state index < -0.39 is 47.5 Å². The normalized spacial score (nSPS) is 22.2. The van der Waals surface area contributed by atoms with E-state index in [2.05, 4.69) is 30.4 Å². The Balaban J connectivity index is 0.781. The van der Waals surface area contributed by atoms with Crippen molar-refractivity contribution in [3.8, 4) is 11.5 Å². The van der Waals surface area contributed by atoms with Gasteiger partial charge in [-0.05, 0) is 101 Å². The maximum Gasteiger partial charge on any atom is 0.416 e. The van der Waals surface area contributed by atoms with Crippen LogP contribution in [0.15, 0.2) is 48.5 Å². The van der Waals surface area contributed by atoms with Crippen molar-refractivity contribution in [3.63, 3.8) is 0 Å². The molecule has 3 aliphatic heterocycles. The molecule has 4 aromatic rings. The number of ether oxygens (including phenoxy) is 2. The zero-order chi connectivity index (χ0) is 48.2. The number of hydrogen-bond donors (Lipinski definition) is 3. The number of piperazine rings is 1. The summed E-state index contributed by atoms with van der Waals surface area (Å²) in [6.45, 7) is 7.17. The number of piperidine rings is 1. The summed E-state index contributed by atoms with van der Waals surface area (Å²) in [6, 6.07) is 11.0. The Morgan fingerprint density at radius 1 is 0.971 bits per heavy atom. The first-order chi connectivity index (χ1) is 32.4. The van der Waals surface area contributed by atoms with Gasteiger partial charge in [-0.15, -0.1) is 0 Å². The number of imide groups is 2. The van der Waals surface area contributed by atoms with Crippen molar-refractivity contribution < 1.29 is 46.6 Å². The van der Waals surface area contributed by atoms with Crippen LogP contribution in [-0.2, 0) is 20.6 Å². The largest absolute Gasteiger partial charge is 0.493 e. The van der Waals surface area contributed by atoms with Gasteiger partial charge in [0.1, 0.15) is 17.7 Å². The predicted molar refractivity (Wildman–Crippen MR) is 246 cm³/mol. The fourth-order valence-corrected chi connectivity index (χ4v) is 10.4. The van der Waals surface area contributed by atoms with Crippen molar-refractivity contribution in [1.29, 1.82) is 0 Å². The molecule has 9 rings (SSSR count). The third kappa shape index (κ3) is 9.23. The third-order valence-corrected chi connectivity index (χ3v) is 14.4. The van der Waals surface area contributed by atoms with Crippen LogP contribution < -0.4 is 30.7 Å². The summed E-state index contributed by atoms with van der Waals surface area (Å²) in [5, 5.41) is 6.11. The predicted octanol–water partition coefficient (Wildman–Crippen LogP) is 6.12. The van der Waals surface area contributed by atoms with E-state index in [0.717, 1.165) is 68.6 Å². The first kappa shape index (κ1) is 46.6. The van der Waals surface area contributed by atoms with Gasteiger partial charge in [0.2, 0.25) is 17.7 Å². The van der Waals surface area contributed by atoms with Crippen LogP contribution in [0.5, 0.6) is 11.5 Å². The van der Waals surface area contributed by atoms with E-state index >= 15 is 0 Å². The summed E-state index contributed by atoms with van der Waals surface area (Å²) in [5.74, 6) is -0.232. The molecule has 360 valence electrons. The molecule has 4 N–H and O–H groups in total. The van der Waals surface area contributed by atoms with Gasteiger partial charge in [0.05, 0.1) is 47.7 Å². The summed E-state index contributed by atoms with van der Waals surface area (Å²) in [5.41, 5.74) is 6.96. The minimum Gasteiger partial charge on any atom is -0.493 e. The van der Waals surface area contributed by atoms with E-state index in [-0.39, 0.29) is 41.3 Å². The van der Waals surface area contributed by atoms with Crippen LogP contribution in [0.2, 0.25) is 0 Å². The smallest absolute Gasteiger partial charge is 0.416 e. The van der Waals surface area contributed by atoms with Crippen LogP contribution in [0.4, 0.5) is 30.4 Å². The van der Waals surface area contributed by atoms with Crippen LogP contribution in [0.25, 0.3) is 10.9 Å². The van der Waals surface area contributed by atoms with E-state index in [9.17, 15) is 37.1 Å². The number of alkyl halides is 3. The minimum absolute atomic E-state index is 0.00342. The number of carbonyl (C=O) groups excluding carboxylic acids is 5. The standard InChI is InChI=1S/C49H56F3N9O7/c1-27(30-20-31(49(50,51)52)22-32(53)21-30)54-43-35-23-40(39(67-4)24-36(35)55-28(2)56-43)68-26-48(14-15-48)25-58(3)45(64)29-8-10-33(11-9-29)59-16-18-60(19-17-59)37-7-5-6-34-42(37)47(66)61(46(34)65)38-12-13-41(62)57-44(38)63/h5-7,20-24,27,29,33,38H,8-19,25-26,53H2,1-4H3,(H,54,55,56)(H,57,62,63)/t27?,29-,33+,38?. The van der Waals surface area contributed by atoms with Gasteiger partial charge in [-0.3, -0.25) is 39.1 Å². The van der Waals surface area contributed by atoms with Gasteiger partial charge in [0.25, 0.3) is 11.8 Å². The van der Waals surface area contributed by atoms with E-state index in [1.165, 1.54) is 6.07 Å². The molecule has 0 spiro atoms. The maximum atomic E-state index is 13.9. The number of anilines is 3. The maximum absolute atomic E-state index is 13.9. The summed E-state index contributed by atoms with van der Waals surface area (Å²) in [7, 11) is 3.41. The molecule has 2 aliphatic carbocycles. The van der Waals surface area contributed by atoms with Crippen molar-refractivity contribution in [2.24, 2.45) is 11.3 Å². The fourth-order valence-electron chi connectivity index (χ4n) is 10.4. The van der Waals surface area contributed by atoms with E-state index in [0.29, 0.717) is 83.1 Å².